The van der Waals surface area contributed by atoms with Crippen LogP contribution in [0.15, 0.2) is 41.5 Å². The van der Waals surface area contributed by atoms with Gasteiger partial charge in [-0.3, -0.25) is 5.43 Å². The summed E-state index contributed by atoms with van der Waals surface area (Å²) in [7, 11) is 0. The van der Waals surface area contributed by atoms with Crippen molar-refractivity contribution in [3.8, 4) is 5.69 Å². The van der Waals surface area contributed by atoms with Crippen molar-refractivity contribution in [2.75, 3.05) is 5.43 Å². The highest BCUT2D eigenvalue weighted by atomic mass is 19.2. The maximum absolute atomic E-state index is 13.6. The molecule has 0 fully saturated rings. The van der Waals surface area contributed by atoms with Crippen molar-refractivity contribution in [2.24, 2.45) is 5.10 Å². The Balaban J connectivity index is 1.90. The van der Waals surface area contributed by atoms with E-state index in [1.54, 1.807) is 18.5 Å². The smallest absolute Gasteiger partial charge is 0.186 e. The van der Waals surface area contributed by atoms with Gasteiger partial charge in [0.15, 0.2) is 23.3 Å². The number of nitrogens with zero attached hydrogens (tertiary/aromatic N) is 3. The molecule has 1 heterocycles. The van der Waals surface area contributed by atoms with E-state index in [9.17, 15) is 17.6 Å². The molecule has 0 unspecified atom stereocenters. The summed E-state index contributed by atoms with van der Waals surface area (Å²) >= 11 is 0. The molecule has 3 rings (SSSR count). The van der Waals surface area contributed by atoms with E-state index in [0.29, 0.717) is 11.3 Å². The molecule has 0 spiro atoms. The Labute approximate surface area is 146 Å². The molecule has 1 N–H and O–H groups in total. The molecule has 1 aromatic heterocycles. The number of benzene rings is 2. The highest BCUT2D eigenvalue weighted by molar-refractivity contribution is 5.83. The summed E-state index contributed by atoms with van der Waals surface area (Å²) < 4.78 is 55.3. The Morgan fingerprint density at radius 3 is 2.23 bits per heavy atom. The molecule has 134 valence electrons. The maximum atomic E-state index is 13.6. The third-order valence-corrected chi connectivity index (χ3v) is 3.83. The minimum absolute atomic E-state index is 0.137. The molecule has 0 bridgehead atoms. The summed E-state index contributed by atoms with van der Waals surface area (Å²) in [5.74, 6) is -6.11. The number of hydrogen-bond acceptors (Lipinski definition) is 3. The molecule has 26 heavy (non-hydrogen) atoms. The summed E-state index contributed by atoms with van der Waals surface area (Å²) in [5, 5.41) is 8.10. The molecule has 0 aliphatic rings. The van der Waals surface area contributed by atoms with Gasteiger partial charge in [0, 0.05) is 11.6 Å². The average Bonchev–Trinajstić information content (AvgIpc) is 2.91. The lowest BCUT2D eigenvalue weighted by atomic mass is 10.2. The van der Waals surface area contributed by atoms with Gasteiger partial charge in [-0.15, -0.1) is 0 Å². The SMILES string of the molecule is Cc1nn(-c2ccccc2)c(C)c1C=NNc1c(F)c(F)cc(F)c1F. The topological polar surface area (TPSA) is 42.2 Å². The number of para-hydroxylation sites is 1. The van der Waals surface area contributed by atoms with Crippen LogP contribution in [-0.2, 0) is 0 Å². The normalized spacial score (nSPS) is 11.3. The molecule has 0 saturated heterocycles. The first kappa shape index (κ1) is 17.7. The molecule has 8 heteroatoms. The first-order valence-corrected chi connectivity index (χ1v) is 7.64. The van der Waals surface area contributed by atoms with E-state index in [-0.39, 0.29) is 6.07 Å². The Morgan fingerprint density at radius 1 is 1.00 bits per heavy atom. The van der Waals surface area contributed by atoms with Crippen molar-refractivity contribution in [1.29, 1.82) is 0 Å². The van der Waals surface area contributed by atoms with Crippen molar-refractivity contribution in [3.05, 3.63) is 76.6 Å². The largest absolute Gasteiger partial charge is 0.272 e. The maximum Gasteiger partial charge on any atom is 0.186 e. The molecule has 4 nitrogen and oxygen atoms in total. The summed E-state index contributed by atoms with van der Waals surface area (Å²) in [6.07, 6.45) is 1.29. The predicted octanol–water partition coefficient (Wildman–Crippen LogP) is 4.49. The summed E-state index contributed by atoms with van der Waals surface area (Å²) in [4.78, 5) is 0. The number of hydrazone groups is 1. The number of aryl methyl sites for hydroxylation is 1. The predicted molar refractivity (Wildman–Crippen MR) is 90.5 cm³/mol. The van der Waals surface area contributed by atoms with Gasteiger partial charge in [0.25, 0.3) is 0 Å². The monoisotopic (exact) mass is 362 g/mol. The Hall–Kier alpha value is -3.16. The van der Waals surface area contributed by atoms with Gasteiger partial charge in [-0.2, -0.15) is 10.2 Å². The second-order valence-electron chi connectivity index (χ2n) is 5.55. The molecule has 0 saturated carbocycles. The van der Waals surface area contributed by atoms with Gasteiger partial charge in [-0.1, -0.05) is 18.2 Å². The minimum atomic E-state index is -1.55. The Kier molecular flexibility index (Phi) is 4.75. The number of halogens is 4. The van der Waals surface area contributed by atoms with E-state index in [4.69, 9.17) is 0 Å². The van der Waals surface area contributed by atoms with Crippen LogP contribution in [0.1, 0.15) is 17.0 Å². The van der Waals surface area contributed by atoms with Crippen LogP contribution in [0.5, 0.6) is 0 Å². The zero-order valence-corrected chi connectivity index (χ0v) is 13.9. The van der Waals surface area contributed by atoms with Gasteiger partial charge < -0.3 is 0 Å². The van der Waals surface area contributed by atoms with Crippen molar-refractivity contribution >= 4 is 11.9 Å². The van der Waals surface area contributed by atoms with E-state index in [1.165, 1.54) is 6.21 Å². The third-order valence-electron chi connectivity index (χ3n) is 3.83. The first-order chi connectivity index (χ1) is 12.4. The number of rotatable bonds is 4. The number of aromatic nitrogens is 2. The number of hydrogen-bond donors (Lipinski definition) is 1. The van der Waals surface area contributed by atoms with Gasteiger partial charge in [-0.25, -0.2) is 22.2 Å². The second kappa shape index (κ2) is 6.99. The molecular weight excluding hydrogens is 348 g/mol. The lowest BCUT2D eigenvalue weighted by molar-refractivity contribution is 0.458. The standard InChI is InChI=1S/C18H14F4N4/c1-10-13(11(2)26(25-10)12-6-4-3-5-7-12)9-23-24-18-16(21)14(19)8-15(20)17(18)22/h3-9,24H,1-2H3. The van der Waals surface area contributed by atoms with Crippen LogP contribution in [0, 0.1) is 37.1 Å². The average molecular weight is 362 g/mol. The Bertz CT molecular complexity index is 955. The molecule has 0 aliphatic heterocycles. The van der Waals surface area contributed by atoms with Crippen LogP contribution in [0.3, 0.4) is 0 Å². The van der Waals surface area contributed by atoms with Gasteiger partial charge in [-0.05, 0) is 26.0 Å². The molecule has 0 radical (unpaired) electrons. The Morgan fingerprint density at radius 2 is 1.62 bits per heavy atom. The molecule has 3 aromatic rings. The van der Waals surface area contributed by atoms with E-state index < -0.39 is 29.0 Å². The van der Waals surface area contributed by atoms with Crippen LogP contribution in [0.2, 0.25) is 0 Å². The zero-order valence-electron chi connectivity index (χ0n) is 13.9. The lowest BCUT2D eigenvalue weighted by Gasteiger charge is -2.06. The van der Waals surface area contributed by atoms with Gasteiger partial charge >= 0.3 is 0 Å². The fourth-order valence-corrected chi connectivity index (χ4v) is 2.49. The second-order valence-corrected chi connectivity index (χ2v) is 5.55. The molecular formula is C18H14F4N4. The summed E-state index contributed by atoms with van der Waals surface area (Å²) in [6, 6.07) is 9.49. The van der Waals surface area contributed by atoms with Crippen LogP contribution < -0.4 is 5.43 Å². The van der Waals surface area contributed by atoms with Gasteiger partial charge in [0.1, 0.15) is 5.69 Å². The highest BCUT2D eigenvalue weighted by Gasteiger charge is 2.19. The lowest BCUT2D eigenvalue weighted by Crippen LogP contribution is -2.03. The minimum Gasteiger partial charge on any atom is -0.272 e. The summed E-state index contributed by atoms with van der Waals surface area (Å²) in [6.45, 7) is 3.55. The first-order valence-electron chi connectivity index (χ1n) is 7.64. The van der Waals surface area contributed by atoms with E-state index in [2.05, 4.69) is 10.2 Å². The van der Waals surface area contributed by atoms with Crippen molar-refractivity contribution in [1.82, 2.24) is 9.78 Å². The van der Waals surface area contributed by atoms with Gasteiger partial charge in [0.05, 0.1) is 23.3 Å². The van der Waals surface area contributed by atoms with Crippen molar-refractivity contribution in [2.45, 2.75) is 13.8 Å². The summed E-state index contributed by atoms with van der Waals surface area (Å²) in [5.41, 5.74) is 3.84. The van der Waals surface area contributed by atoms with Crippen molar-refractivity contribution in [3.63, 3.8) is 0 Å². The molecule has 0 amide bonds. The third kappa shape index (κ3) is 3.17. The molecule has 2 aromatic carbocycles. The van der Waals surface area contributed by atoms with E-state index in [0.717, 1.165) is 11.4 Å². The highest BCUT2D eigenvalue weighted by Crippen LogP contribution is 2.24. The zero-order chi connectivity index (χ0) is 18.8. The van der Waals surface area contributed by atoms with E-state index >= 15 is 0 Å². The van der Waals surface area contributed by atoms with Crippen molar-refractivity contribution < 1.29 is 17.6 Å². The fourth-order valence-electron chi connectivity index (χ4n) is 2.49. The van der Waals surface area contributed by atoms with E-state index in [1.807, 2.05) is 35.8 Å². The fraction of sp³-hybridized carbons (Fsp3) is 0.111. The number of nitrogens with one attached hydrogen (secondary N) is 1. The molecule has 0 atom stereocenters. The molecule has 0 aliphatic carbocycles. The quantitative estimate of drug-likeness (QED) is 0.322. The van der Waals surface area contributed by atoms with Crippen LogP contribution >= 0.6 is 0 Å². The van der Waals surface area contributed by atoms with Crippen LogP contribution in [-0.4, -0.2) is 16.0 Å². The van der Waals surface area contributed by atoms with Gasteiger partial charge in [0.2, 0.25) is 0 Å². The van der Waals surface area contributed by atoms with Crippen LogP contribution in [0.25, 0.3) is 5.69 Å². The van der Waals surface area contributed by atoms with Crippen LogP contribution in [0.4, 0.5) is 23.2 Å². The number of anilines is 1.